The quantitative estimate of drug-likeness (QED) is 0.679. The Hall–Kier alpha value is -0.650. The molecule has 1 fully saturated rings. The summed E-state index contributed by atoms with van der Waals surface area (Å²) in [6.45, 7) is 8.79. The molecular formula is C12H24N2O3. The number of carbonyl (C=O) groups excluding carboxylic acids is 1. The Morgan fingerprint density at radius 1 is 1.35 bits per heavy atom. The standard InChI is InChI=1S/C12H24N2O3/c1-10(8-12(15)16-3)13-11(2)9-14-4-6-17-7-5-14/h10-11,13H,4-9H2,1-3H3. The van der Waals surface area contributed by atoms with Crippen LogP contribution in [0.25, 0.3) is 0 Å². The average molecular weight is 244 g/mol. The Labute approximate surface area is 103 Å². The minimum absolute atomic E-state index is 0.151. The molecule has 5 heteroatoms. The normalized spacial score (nSPS) is 20.9. The maximum absolute atomic E-state index is 11.1. The van der Waals surface area contributed by atoms with Crippen molar-refractivity contribution in [2.45, 2.75) is 32.4 Å². The molecule has 0 bridgehead atoms. The van der Waals surface area contributed by atoms with E-state index in [9.17, 15) is 4.79 Å². The Bertz CT molecular complexity index is 230. The van der Waals surface area contributed by atoms with Crippen molar-refractivity contribution in [3.8, 4) is 0 Å². The second-order valence-corrected chi connectivity index (χ2v) is 4.66. The number of nitrogens with one attached hydrogen (secondary N) is 1. The van der Waals surface area contributed by atoms with E-state index in [2.05, 4.69) is 21.9 Å². The van der Waals surface area contributed by atoms with Crippen LogP contribution in [0.2, 0.25) is 0 Å². The summed E-state index contributed by atoms with van der Waals surface area (Å²) in [6, 6.07) is 0.520. The third-order valence-electron chi connectivity index (χ3n) is 2.91. The molecule has 0 spiro atoms. The molecule has 0 aliphatic carbocycles. The summed E-state index contributed by atoms with van der Waals surface area (Å²) in [5.41, 5.74) is 0. The van der Waals surface area contributed by atoms with Crippen LogP contribution < -0.4 is 5.32 Å². The molecule has 0 aromatic rings. The van der Waals surface area contributed by atoms with Gasteiger partial charge < -0.3 is 14.8 Å². The summed E-state index contributed by atoms with van der Waals surface area (Å²) in [7, 11) is 1.42. The number of nitrogens with zero attached hydrogens (tertiary/aromatic N) is 1. The molecule has 2 atom stereocenters. The van der Waals surface area contributed by atoms with Crippen LogP contribution in [0, 0.1) is 0 Å². The van der Waals surface area contributed by atoms with Gasteiger partial charge in [0.2, 0.25) is 0 Å². The van der Waals surface area contributed by atoms with Gasteiger partial charge in [0.25, 0.3) is 0 Å². The van der Waals surface area contributed by atoms with Gasteiger partial charge in [0.05, 0.1) is 26.7 Å². The maximum Gasteiger partial charge on any atom is 0.307 e. The molecule has 1 aliphatic heterocycles. The number of ether oxygens (including phenoxy) is 2. The van der Waals surface area contributed by atoms with Gasteiger partial charge in [-0.2, -0.15) is 0 Å². The fourth-order valence-corrected chi connectivity index (χ4v) is 2.10. The van der Waals surface area contributed by atoms with Crippen molar-refractivity contribution in [3.05, 3.63) is 0 Å². The van der Waals surface area contributed by atoms with Crippen molar-refractivity contribution in [2.24, 2.45) is 0 Å². The zero-order valence-electron chi connectivity index (χ0n) is 11.1. The smallest absolute Gasteiger partial charge is 0.307 e. The molecule has 1 heterocycles. The van der Waals surface area contributed by atoms with E-state index in [1.54, 1.807) is 0 Å². The number of hydrogen-bond donors (Lipinski definition) is 1. The van der Waals surface area contributed by atoms with E-state index >= 15 is 0 Å². The first-order valence-electron chi connectivity index (χ1n) is 6.24. The Kier molecular flexibility index (Phi) is 6.47. The number of rotatable bonds is 6. The molecule has 0 aromatic heterocycles. The zero-order valence-corrected chi connectivity index (χ0v) is 11.1. The number of hydrogen-bond acceptors (Lipinski definition) is 5. The van der Waals surface area contributed by atoms with Gasteiger partial charge >= 0.3 is 5.97 Å². The summed E-state index contributed by atoms with van der Waals surface area (Å²) < 4.78 is 9.95. The van der Waals surface area contributed by atoms with Crippen molar-refractivity contribution in [2.75, 3.05) is 40.0 Å². The second-order valence-electron chi connectivity index (χ2n) is 4.66. The van der Waals surface area contributed by atoms with E-state index in [1.807, 2.05) is 6.92 Å². The third-order valence-corrected chi connectivity index (χ3v) is 2.91. The molecular weight excluding hydrogens is 220 g/mol. The second kappa shape index (κ2) is 7.63. The number of carbonyl (C=O) groups is 1. The summed E-state index contributed by atoms with van der Waals surface area (Å²) in [5.74, 6) is -0.163. The van der Waals surface area contributed by atoms with Gasteiger partial charge in [0.1, 0.15) is 0 Å². The van der Waals surface area contributed by atoms with E-state index in [0.29, 0.717) is 12.5 Å². The average Bonchev–Trinajstić information content (AvgIpc) is 2.29. The lowest BCUT2D eigenvalue weighted by atomic mass is 10.2. The van der Waals surface area contributed by atoms with Crippen LogP contribution in [0.5, 0.6) is 0 Å². The lowest BCUT2D eigenvalue weighted by Gasteiger charge is -2.30. The fourth-order valence-electron chi connectivity index (χ4n) is 2.10. The summed E-state index contributed by atoms with van der Waals surface area (Å²) in [6.07, 6.45) is 0.421. The van der Waals surface area contributed by atoms with E-state index in [-0.39, 0.29) is 12.0 Å². The van der Waals surface area contributed by atoms with Crippen LogP contribution in [0.3, 0.4) is 0 Å². The molecule has 1 aliphatic rings. The molecule has 5 nitrogen and oxygen atoms in total. The minimum atomic E-state index is -0.163. The highest BCUT2D eigenvalue weighted by Gasteiger charge is 2.16. The van der Waals surface area contributed by atoms with E-state index in [0.717, 1.165) is 32.8 Å². The first-order chi connectivity index (χ1) is 8.11. The molecule has 1 N–H and O–H groups in total. The summed E-state index contributed by atoms with van der Waals surface area (Å²) in [4.78, 5) is 13.5. The predicted molar refractivity (Wildman–Crippen MR) is 66.0 cm³/mol. The van der Waals surface area contributed by atoms with Crippen LogP contribution >= 0.6 is 0 Å². The first-order valence-corrected chi connectivity index (χ1v) is 6.24. The van der Waals surface area contributed by atoms with Crippen LogP contribution in [0.15, 0.2) is 0 Å². The molecule has 0 amide bonds. The van der Waals surface area contributed by atoms with Gasteiger partial charge in [0.15, 0.2) is 0 Å². The van der Waals surface area contributed by atoms with Gasteiger partial charge in [-0.1, -0.05) is 0 Å². The van der Waals surface area contributed by atoms with Gasteiger partial charge in [-0.05, 0) is 13.8 Å². The highest BCUT2D eigenvalue weighted by atomic mass is 16.5. The molecule has 0 saturated carbocycles. The van der Waals surface area contributed by atoms with Crippen molar-refractivity contribution in [3.63, 3.8) is 0 Å². The highest BCUT2D eigenvalue weighted by Crippen LogP contribution is 2.01. The lowest BCUT2D eigenvalue weighted by molar-refractivity contribution is -0.141. The maximum atomic E-state index is 11.1. The zero-order chi connectivity index (χ0) is 12.7. The van der Waals surface area contributed by atoms with E-state index in [4.69, 9.17) is 4.74 Å². The van der Waals surface area contributed by atoms with Gasteiger partial charge in [-0.25, -0.2) is 0 Å². The van der Waals surface area contributed by atoms with Crippen molar-refractivity contribution < 1.29 is 14.3 Å². The van der Waals surface area contributed by atoms with Crippen LogP contribution in [0.1, 0.15) is 20.3 Å². The van der Waals surface area contributed by atoms with Crippen LogP contribution in [-0.4, -0.2) is 62.9 Å². The molecule has 1 saturated heterocycles. The molecule has 0 radical (unpaired) electrons. The fraction of sp³-hybridized carbons (Fsp3) is 0.917. The minimum Gasteiger partial charge on any atom is -0.469 e. The Balaban J connectivity index is 2.18. The van der Waals surface area contributed by atoms with Crippen LogP contribution in [-0.2, 0) is 14.3 Å². The van der Waals surface area contributed by atoms with E-state index in [1.165, 1.54) is 7.11 Å². The van der Waals surface area contributed by atoms with Crippen molar-refractivity contribution in [1.29, 1.82) is 0 Å². The number of morpholine rings is 1. The van der Waals surface area contributed by atoms with E-state index < -0.39 is 0 Å². The monoisotopic (exact) mass is 244 g/mol. The molecule has 0 aromatic carbocycles. The van der Waals surface area contributed by atoms with Gasteiger partial charge in [0, 0.05) is 31.7 Å². The van der Waals surface area contributed by atoms with Crippen molar-refractivity contribution in [1.82, 2.24) is 10.2 Å². The topological polar surface area (TPSA) is 50.8 Å². The number of methoxy groups -OCH3 is 1. The van der Waals surface area contributed by atoms with Gasteiger partial charge in [-0.3, -0.25) is 9.69 Å². The van der Waals surface area contributed by atoms with Gasteiger partial charge in [-0.15, -0.1) is 0 Å². The third kappa shape index (κ3) is 6.00. The molecule has 100 valence electrons. The number of esters is 1. The Morgan fingerprint density at radius 2 is 2.00 bits per heavy atom. The highest BCUT2D eigenvalue weighted by molar-refractivity contribution is 5.69. The first kappa shape index (κ1) is 14.4. The molecule has 2 unspecified atom stereocenters. The molecule has 1 rings (SSSR count). The van der Waals surface area contributed by atoms with Crippen molar-refractivity contribution >= 4 is 5.97 Å². The predicted octanol–water partition coefficient (Wildman–Crippen LogP) is 0.248. The Morgan fingerprint density at radius 3 is 2.59 bits per heavy atom. The lowest BCUT2D eigenvalue weighted by Crippen LogP contribution is -2.47. The molecule has 17 heavy (non-hydrogen) atoms. The largest absolute Gasteiger partial charge is 0.469 e. The van der Waals surface area contributed by atoms with Crippen LogP contribution in [0.4, 0.5) is 0 Å². The SMILES string of the molecule is COC(=O)CC(C)NC(C)CN1CCOCC1. The summed E-state index contributed by atoms with van der Waals surface area (Å²) >= 11 is 0. The summed E-state index contributed by atoms with van der Waals surface area (Å²) in [5, 5.41) is 3.41.